The molecule has 0 aliphatic rings. The number of nitrogens with zero attached hydrogens (tertiary/aromatic N) is 1. The molecular formula is C15H24BrNO. The van der Waals surface area contributed by atoms with Crippen LogP contribution in [0.1, 0.15) is 37.6 Å². The second kappa shape index (κ2) is 6.05. The summed E-state index contributed by atoms with van der Waals surface area (Å²) in [6.45, 7) is 11.0. The van der Waals surface area contributed by atoms with E-state index in [-0.39, 0.29) is 5.41 Å². The average molecular weight is 314 g/mol. The highest BCUT2D eigenvalue weighted by Gasteiger charge is 2.29. The van der Waals surface area contributed by atoms with Crippen molar-refractivity contribution in [3.63, 3.8) is 0 Å². The van der Waals surface area contributed by atoms with Crippen LogP contribution >= 0.6 is 15.9 Å². The van der Waals surface area contributed by atoms with Gasteiger partial charge in [0.1, 0.15) is 5.75 Å². The first-order valence-corrected chi connectivity index (χ1v) is 7.53. The Morgan fingerprint density at radius 1 is 1.39 bits per heavy atom. The Morgan fingerprint density at radius 2 is 2.00 bits per heavy atom. The third-order valence-electron chi connectivity index (χ3n) is 4.02. The molecule has 0 aliphatic heterocycles. The molecule has 1 heterocycles. The molecule has 0 radical (unpaired) electrons. The van der Waals surface area contributed by atoms with Crippen LogP contribution in [0, 0.1) is 25.2 Å². The number of hydrogen-bond acceptors (Lipinski definition) is 2. The molecule has 2 nitrogen and oxygen atoms in total. The van der Waals surface area contributed by atoms with Crippen molar-refractivity contribution in [1.29, 1.82) is 0 Å². The summed E-state index contributed by atoms with van der Waals surface area (Å²) in [5.74, 6) is 1.58. The van der Waals surface area contributed by atoms with E-state index in [0.717, 1.165) is 28.8 Å². The number of pyridine rings is 1. The van der Waals surface area contributed by atoms with E-state index in [0.29, 0.717) is 5.92 Å². The summed E-state index contributed by atoms with van der Waals surface area (Å²) in [4.78, 5) is 4.60. The van der Waals surface area contributed by atoms with Crippen molar-refractivity contribution >= 4 is 15.9 Å². The standard InChI is InChI=1S/C15H24BrNO/c1-10(2)15(5,9-16)7-13-12(4)14(18-6)11(3)8-17-13/h8,10H,7,9H2,1-6H3. The average Bonchev–Trinajstić information content (AvgIpc) is 2.33. The Hall–Kier alpha value is -0.570. The number of aromatic nitrogens is 1. The predicted octanol–water partition coefficient (Wildman–Crippen LogP) is 4.31. The summed E-state index contributed by atoms with van der Waals surface area (Å²) < 4.78 is 5.47. The first-order chi connectivity index (χ1) is 8.35. The van der Waals surface area contributed by atoms with Gasteiger partial charge in [0.05, 0.1) is 7.11 Å². The lowest BCUT2D eigenvalue weighted by Crippen LogP contribution is -2.29. The zero-order valence-electron chi connectivity index (χ0n) is 12.3. The van der Waals surface area contributed by atoms with E-state index in [1.54, 1.807) is 7.11 Å². The highest BCUT2D eigenvalue weighted by Crippen LogP contribution is 2.35. The number of rotatable bonds is 5. The van der Waals surface area contributed by atoms with Gasteiger partial charge in [-0.3, -0.25) is 4.98 Å². The number of methoxy groups -OCH3 is 1. The molecule has 0 aromatic carbocycles. The fourth-order valence-corrected chi connectivity index (χ4v) is 2.88. The normalized spacial score (nSPS) is 14.7. The number of hydrogen-bond donors (Lipinski definition) is 0. The minimum Gasteiger partial charge on any atom is -0.496 e. The van der Waals surface area contributed by atoms with Gasteiger partial charge in [0, 0.05) is 28.3 Å². The van der Waals surface area contributed by atoms with Gasteiger partial charge in [0.25, 0.3) is 0 Å². The molecule has 1 aromatic rings. The van der Waals surface area contributed by atoms with Crippen molar-refractivity contribution in [2.45, 2.75) is 41.0 Å². The molecule has 0 spiro atoms. The maximum absolute atomic E-state index is 5.47. The Balaban J connectivity index is 3.12. The van der Waals surface area contributed by atoms with Gasteiger partial charge in [0.2, 0.25) is 0 Å². The van der Waals surface area contributed by atoms with Crippen molar-refractivity contribution in [1.82, 2.24) is 4.98 Å². The molecule has 0 fully saturated rings. The lowest BCUT2D eigenvalue weighted by atomic mass is 9.76. The van der Waals surface area contributed by atoms with Gasteiger partial charge < -0.3 is 4.74 Å². The van der Waals surface area contributed by atoms with Gasteiger partial charge in [-0.1, -0.05) is 36.7 Å². The summed E-state index contributed by atoms with van der Waals surface area (Å²) in [7, 11) is 1.73. The van der Waals surface area contributed by atoms with E-state index in [1.165, 1.54) is 5.56 Å². The van der Waals surface area contributed by atoms with Crippen LogP contribution in [-0.2, 0) is 6.42 Å². The molecule has 18 heavy (non-hydrogen) atoms. The molecule has 1 unspecified atom stereocenters. The lowest BCUT2D eigenvalue weighted by molar-refractivity contribution is 0.254. The quantitative estimate of drug-likeness (QED) is 0.756. The fraction of sp³-hybridized carbons (Fsp3) is 0.667. The third-order valence-corrected chi connectivity index (χ3v) is 5.30. The maximum Gasteiger partial charge on any atom is 0.128 e. The van der Waals surface area contributed by atoms with Crippen LogP contribution in [0.5, 0.6) is 5.75 Å². The van der Waals surface area contributed by atoms with Crippen LogP contribution in [0.25, 0.3) is 0 Å². The van der Waals surface area contributed by atoms with Crippen LogP contribution in [0.3, 0.4) is 0 Å². The molecular weight excluding hydrogens is 290 g/mol. The summed E-state index contributed by atoms with van der Waals surface area (Å²) in [5.41, 5.74) is 3.64. The molecule has 0 amide bonds. The molecule has 0 saturated heterocycles. The monoisotopic (exact) mass is 313 g/mol. The molecule has 1 rings (SSSR count). The first-order valence-electron chi connectivity index (χ1n) is 6.40. The highest BCUT2D eigenvalue weighted by atomic mass is 79.9. The number of halogens is 1. The van der Waals surface area contributed by atoms with Gasteiger partial charge in [0.15, 0.2) is 0 Å². The smallest absolute Gasteiger partial charge is 0.128 e. The van der Waals surface area contributed by atoms with Gasteiger partial charge >= 0.3 is 0 Å². The summed E-state index contributed by atoms with van der Waals surface area (Å²) in [6.07, 6.45) is 2.88. The largest absolute Gasteiger partial charge is 0.496 e. The van der Waals surface area contributed by atoms with Crippen molar-refractivity contribution in [2.75, 3.05) is 12.4 Å². The molecule has 0 saturated carbocycles. The van der Waals surface area contributed by atoms with Crippen LogP contribution in [0.2, 0.25) is 0 Å². The van der Waals surface area contributed by atoms with E-state index < -0.39 is 0 Å². The van der Waals surface area contributed by atoms with E-state index in [1.807, 2.05) is 13.1 Å². The van der Waals surface area contributed by atoms with Crippen molar-refractivity contribution in [3.05, 3.63) is 23.0 Å². The van der Waals surface area contributed by atoms with Crippen molar-refractivity contribution in [3.8, 4) is 5.75 Å². The van der Waals surface area contributed by atoms with Crippen molar-refractivity contribution < 1.29 is 4.74 Å². The molecule has 0 bridgehead atoms. The van der Waals surface area contributed by atoms with Crippen molar-refractivity contribution in [2.24, 2.45) is 11.3 Å². The van der Waals surface area contributed by atoms with Gasteiger partial charge in [-0.2, -0.15) is 0 Å². The number of alkyl halides is 1. The van der Waals surface area contributed by atoms with E-state index in [9.17, 15) is 0 Å². The van der Waals surface area contributed by atoms with Gasteiger partial charge in [-0.15, -0.1) is 0 Å². The zero-order chi connectivity index (χ0) is 13.9. The highest BCUT2D eigenvalue weighted by molar-refractivity contribution is 9.09. The number of ether oxygens (including phenoxy) is 1. The molecule has 1 atom stereocenters. The Labute approximate surface area is 119 Å². The fourth-order valence-electron chi connectivity index (χ4n) is 2.04. The van der Waals surface area contributed by atoms with Crippen LogP contribution in [0.15, 0.2) is 6.20 Å². The summed E-state index contributed by atoms with van der Waals surface area (Å²) in [6, 6.07) is 0. The molecule has 3 heteroatoms. The van der Waals surface area contributed by atoms with Crippen LogP contribution < -0.4 is 4.74 Å². The van der Waals surface area contributed by atoms with Gasteiger partial charge in [-0.05, 0) is 31.6 Å². The Bertz CT molecular complexity index is 417. The Kier molecular flexibility index (Phi) is 5.20. The maximum atomic E-state index is 5.47. The topological polar surface area (TPSA) is 22.1 Å². The van der Waals surface area contributed by atoms with Crippen LogP contribution in [-0.4, -0.2) is 17.4 Å². The molecule has 0 N–H and O–H groups in total. The molecule has 1 aromatic heterocycles. The summed E-state index contributed by atoms with van der Waals surface area (Å²) >= 11 is 3.65. The molecule has 102 valence electrons. The lowest BCUT2D eigenvalue weighted by Gasteiger charge is -2.32. The second-order valence-electron chi connectivity index (χ2n) is 5.67. The van der Waals surface area contributed by atoms with Gasteiger partial charge in [-0.25, -0.2) is 0 Å². The van der Waals surface area contributed by atoms with E-state index in [4.69, 9.17) is 4.74 Å². The first kappa shape index (κ1) is 15.5. The summed E-state index contributed by atoms with van der Waals surface area (Å²) in [5, 5.41) is 0.981. The zero-order valence-corrected chi connectivity index (χ0v) is 13.9. The minimum atomic E-state index is 0.220. The number of aryl methyl sites for hydroxylation is 1. The van der Waals surface area contributed by atoms with E-state index >= 15 is 0 Å². The predicted molar refractivity (Wildman–Crippen MR) is 80.7 cm³/mol. The SMILES string of the molecule is COc1c(C)cnc(CC(C)(CBr)C(C)C)c1C. The van der Waals surface area contributed by atoms with Crippen LogP contribution in [0.4, 0.5) is 0 Å². The third kappa shape index (κ3) is 3.05. The molecule has 0 aliphatic carbocycles. The second-order valence-corrected chi connectivity index (χ2v) is 6.23. The van der Waals surface area contributed by atoms with E-state index in [2.05, 4.69) is 48.6 Å². The minimum absolute atomic E-state index is 0.220. The Morgan fingerprint density at radius 3 is 2.44 bits per heavy atom.